The van der Waals surface area contributed by atoms with Crippen LogP contribution in [-0.4, -0.2) is 45.9 Å². The van der Waals surface area contributed by atoms with E-state index in [2.05, 4.69) is 53.0 Å². The molecule has 2 atom stereocenters. The van der Waals surface area contributed by atoms with Crippen molar-refractivity contribution in [2.45, 2.75) is 32.9 Å². The van der Waals surface area contributed by atoms with Crippen molar-refractivity contribution < 1.29 is 6.22 Å². The van der Waals surface area contributed by atoms with Crippen molar-refractivity contribution in [3.8, 4) is 11.1 Å². The first kappa shape index (κ1) is 17.9. The first-order chi connectivity index (χ1) is 12.9. The summed E-state index contributed by atoms with van der Waals surface area (Å²) in [6.45, 7) is 7.53. The molecule has 0 aliphatic carbocycles. The Morgan fingerprint density at radius 1 is 1.26 bits per heavy atom. The van der Waals surface area contributed by atoms with Crippen LogP contribution in [0.5, 0.6) is 0 Å². The number of rotatable bonds is 2. The van der Waals surface area contributed by atoms with Crippen molar-refractivity contribution in [3.63, 3.8) is 0 Å². The molecule has 3 aromatic rings. The molecule has 4 rings (SSSR count). The summed E-state index contributed by atoms with van der Waals surface area (Å²) >= 11 is 6.14. The Hall–Kier alpha value is -2.53. The number of halogens is 1. The SMILES string of the molecule is CC(=O)N1[C@H](C)CN(c2cccc(-c3c[nH]c4ncc(Cl)cc34)c2)C[C@@H]1C.[HH]. The lowest BCUT2D eigenvalue weighted by Gasteiger charge is -2.45. The molecule has 1 aliphatic rings. The minimum Gasteiger partial charge on any atom is -0.367 e. The molecule has 0 spiro atoms. The molecule has 1 aliphatic heterocycles. The van der Waals surface area contributed by atoms with Gasteiger partial charge in [-0.2, -0.15) is 0 Å². The number of carbonyl (C=O) groups excluding carboxylic acids is 1. The molecule has 0 bridgehead atoms. The number of anilines is 1. The van der Waals surface area contributed by atoms with Gasteiger partial charge in [-0.25, -0.2) is 4.98 Å². The number of aromatic amines is 1. The summed E-state index contributed by atoms with van der Waals surface area (Å²) < 4.78 is 0. The molecule has 1 amide bonds. The van der Waals surface area contributed by atoms with Crippen molar-refractivity contribution >= 4 is 34.2 Å². The maximum absolute atomic E-state index is 11.9. The second kappa shape index (κ2) is 6.89. The third kappa shape index (κ3) is 3.28. The van der Waals surface area contributed by atoms with Crippen LogP contribution < -0.4 is 4.90 Å². The molecule has 1 aromatic carbocycles. The normalized spacial score (nSPS) is 20.3. The molecule has 3 heterocycles. The van der Waals surface area contributed by atoms with Crippen LogP contribution in [0.4, 0.5) is 5.69 Å². The summed E-state index contributed by atoms with van der Waals surface area (Å²) in [6, 6.07) is 10.8. The molecule has 142 valence electrons. The second-order valence-electron chi connectivity index (χ2n) is 7.33. The zero-order valence-electron chi connectivity index (χ0n) is 15.7. The van der Waals surface area contributed by atoms with Crippen molar-refractivity contribution in [1.29, 1.82) is 0 Å². The Morgan fingerprint density at radius 2 is 2.00 bits per heavy atom. The summed E-state index contributed by atoms with van der Waals surface area (Å²) in [4.78, 5) is 23.8. The highest BCUT2D eigenvalue weighted by Gasteiger charge is 2.31. The number of carbonyl (C=O) groups is 1. The van der Waals surface area contributed by atoms with Gasteiger partial charge >= 0.3 is 0 Å². The summed E-state index contributed by atoms with van der Waals surface area (Å²) in [5, 5.41) is 1.64. The number of aromatic nitrogens is 2. The summed E-state index contributed by atoms with van der Waals surface area (Å²) in [7, 11) is 0. The van der Waals surface area contributed by atoms with Crippen LogP contribution in [0.2, 0.25) is 5.02 Å². The molecule has 0 radical (unpaired) electrons. The third-order valence-corrected chi connectivity index (χ3v) is 5.51. The summed E-state index contributed by atoms with van der Waals surface area (Å²) in [5.74, 6) is 0.145. The van der Waals surface area contributed by atoms with E-state index in [9.17, 15) is 4.79 Å². The van der Waals surface area contributed by atoms with Gasteiger partial charge in [-0.1, -0.05) is 23.7 Å². The number of amides is 1. The van der Waals surface area contributed by atoms with Crippen LogP contribution in [0.3, 0.4) is 0 Å². The van der Waals surface area contributed by atoms with Crippen molar-refractivity contribution in [2.75, 3.05) is 18.0 Å². The smallest absolute Gasteiger partial charge is 0.220 e. The molecule has 1 N–H and O–H groups in total. The van der Waals surface area contributed by atoms with E-state index in [1.165, 1.54) is 5.69 Å². The highest BCUT2D eigenvalue weighted by atomic mass is 35.5. The van der Waals surface area contributed by atoms with Crippen LogP contribution in [-0.2, 0) is 4.79 Å². The molecule has 6 heteroatoms. The lowest BCUT2D eigenvalue weighted by atomic mass is 10.0. The molecular formula is C21H25ClN4O. The number of benzene rings is 1. The molecule has 27 heavy (non-hydrogen) atoms. The lowest BCUT2D eigenvalue weighted by Crippen LogP contribution is -2.58. The predicted molar refractivity (Wildman–Crippen MR) is 112 cm³/mol. The first-order valence-corrected chi connectivity index (χ1v) is 9.58. The average Bonchev–Trinajstić information content (AvgIpc) is 3.04. The van der Waals surface area contributed by atoms with Crippen molar-refractivity contribution in [3.05, 3.63) is 47.7 Å². The minimum absolute atomic E-state index is 0. The molecule has 0 unspecified atom stereocenters. The minimum atomic E-state index is 0. The molecular weight excluding hydrogens is 360 g/mol. The van der Waals surface area contributed by atoms with E-state index in [1.54, 1.807) is 13.1 Å². The van der Waals surface area contributed by atoms with Gasteiger partial charge in [0.05, 0.1) is 5.02 Å². The largest absolute Gasteiger partial charge is 0.367 e. The van der Waals surface area contributed by atoms with Gasteiger partial charge in [-0.05, 0) is 37.6 Å². The molecule has 5 nitrogen and oxygen atoms in total. The Balaban J connectivity index is 0.00000225. The van der Waals surface area contributed by atoms with E-state index < -0.39 is 0 Å². The van der Waals surface area contributed by atoms with Crippen LogP contribution in [0.25, 0.3) is 22.2 Å². The highest BCUT2D eigenvalue weighted by molar-refractivity contribution is 6.31. The summed E-state index contributed by atoms with van der Waals surface area (Å²) in [5.41, 5.74) is 4.21. The van der Waals surface area contributed by atoms with Gasteiger partial charge in [0.25, 0.3) is 0 Å². The number of pyridine rings is 1. The quantitative estimate of drug-likeness (QED) is 0.703. The van der Waals surface area contributed by atoms with E-state index in [1.807, 2.05) is 17.2 Å². The number of hydrogen-bond donors (Lipinski definition) is 1. The zero-order chi connectivity index (χ0) is 19.1. The third-order valence-electron chi connectivity index (χ3n) is 5.30. The van der Waals surface area contributed by atoms with Gasteiger partial charge in [0.1, 0.15) is 5.65 Å². The number of nitrogens with one attached hydrogen (secondary N) is 1. The Morgan fingerprint density at radius 3 is 2.70 bits per heavy atom. The van der Waals surface area contributed by atoms with Crippen LogP contribution in [0.1, 0.15) is 22.2 Å². The maximum atomic E-state index is 11.9. The standard InChI is InChI=1S/C21H23ClN4O.H2/c1-13-11-25(12-14(2)26(13)15(3)27)18-6-4-5-16(7-18)20-10-24-21-19(20)8-17(22)9-23-21;/h4-10,13-14H,11-12H2,1-3H3,(H,23,24);1H/t13-,14+;. The topological polar surface area (TPSA) is 52.2 Å². The van der Waals surface area contributed by atoms with Crippen LogP contribution in [0.15, 0.2) is 42.7 Å². The molecule has 2 aromatic heterocycles. The van der Waals surface area contributed by atoms with E-state index in [-0.39, 0.29) is 19.4 Å². The van der Waals surface area contributed by atoms with Gasteiger partial charge in [-0.3, -0.25) is 4.79 Å². The fourth-order valence-electron chi connectivity index (χ4n) is 4.24. The number of piperazine rings is 1. The fourth-order valence-corrected chi connectivity index (χ4v) is 4.40. The van der Waals surface area contributed by atoms with E-state index in [0.717, 1.165) is 35.2 Å². The van der Waals surface area contributed by atoms with E-state index in [0.29, 0.717) is 5.02 Å². The number of nitrogens with zero attached hydrogens (tertiary/aromatic N) is 3. The van der Waals surface area contributed by atoms with Crippen molar-refractivity contribution in [1.82, 2.24) is 14.9 Å². The van der Waals surface area contributed by atoms with Gasteiger partial charge < -0.3 is 14.8 Å². The van der Waals surface area contributed by atoms with Crippen molar-refractivity contribution in [2.24, 2.45) is 0 Å². The summed E-state index contributed by atoms with van der Waals surface area (Å²) in [6.07, 6.45) is 3.63. The monoisotopic (exact) mass is 384 g/mol. The average molecular weight is 385 g/mol. The highest BCUT2D eigenvalue weighted by Crippen LogP contribution is 2.32. The Labute approximate surface area is 165 Å². The first-order valence-electron chi connectivity index (χ1n) is 9.21. The van der Waals surface area contributed by atoms with Gasteiger partial charge in [0.15, 0.2) is 0 Å². The maximum Gasteiger partial charge on any atom is 0.220 e. The Kier molecular flexibility index (Phi) is 4.56. The predicted octanol–water partition coefficient (Wildman–Crippen LogP) is 4.57. The van der Waals surface area contributed by atoms with E-state index in [4.69, 9.17) is 11.6 Å². The number of hydrogen-bond acceptors (Lipinski definition) is 3. The molecule has 0 saturated carbocycles. The fraction of sp³-hybridized carbons (Fsp3) is 0.333. The molecule has 1 fully saturated rings. The zero-order valence-corrected chi connectivity index (χ0v) is 16.5. The van der Waals surface area contributed by atoms with Gasteiger partial charge in [0, 0.05) is 62.6 Å². The number of fused-ring (bicyclic) bond motifs is 1. The second-order valence-corrected chi connectivity index (χ2v) is 7.77. The van der Waals surface area contributed by atoms with Gasteiger partial charge in [-0.15, -0.1) is 0 Å². The number of H-pyrrole nitrogens is 1. The van der Waals surface area contributed by atoms with Crippen LogP contribution in [0, 0.1) is 0 Å². The molecule has 1 saturated heterocycles. The lowest BCUT2D eigenvalue weighted by molar-refractivity contribution is -0.133. The Bertz CT molecular complexity index is 993. The van der Waals surface area contributed by atoms with E-state index >= 15 is 0 Å². The van der Waals surface area contributed by atoms with Crippen LogP contribution >= 0.6 is 11.6 Å². The van der Waals surface area contributed by atoms with Gasteiger partial charge in [0.2, 0.25) is 5.91 Å².